The molecule has 0 N–H and O–H groups in total. The van der Waals surface area contributed by atoms with Gasteiger partial charge in [-0.3, -0.25) is 0 Å². The van der Waals surface area contributed by atoms with Crippen molar-refractivity contribution in [2.75, 3.05) is 12.9 Å². The fourth-order valence-electron chi connectivity index (χ4n) is 0.705. The van der Waals surface area contributed by atoms with Crippen molar-refractivity contribution in [1.82, 2.24) is 0 Å². The molecule has 0 aliphatic heterocycles. The molecule has 0 aromatic heterocycles. The van der Waals surface area contributed by atoms with Gasteiger partial charge in [-0.2, -0.15) is 11.8 Å². The normalized spacial score (nSPS) is 13.5. The molecule has 0 aliphatic carbocycles. The largest absolute Gasteiger partial charge is 0.376 e. The highest BCUT2D eigenvalue weighted by molar-refractivity contribution is 7.99. The monoisotopic (exact) mass is 190 g/mol. The average molecular weight is 190 g/mol. The van der Waals surface area contributed by atoms with Crippen LogP contribution < -0.4 is 0 Å². The van der Waals surface area contributed by atoms with Crippen molar-refractivity contribution in [1.29, 1.82) is 0 Å². The van der Waals surface area contributed by atoms with Crippen LogP contribution in [0.25, 0.3) is 0 Å². The SMILES string of the molecule is CSC(C)(C)CCOC(C)(C)C. The molecule has 0 heterocycles. The van der Waals surface area contributed by atoms with Crippen LogP contribution in [0.3, 0.4) is 0 Å². The summed E-state index contributed by atoms with van der Waals surface area (Å²) in [5.41, 5.74) is 0.00842. The van der Waals surface area contributed by atoms with Crippen LogP contribution >= 0.6 is 11.8 Å². The van der Waals surface area contributed by atoms with Crippen molar-refractivity contribution < 1.29 is 4.74 Å². The second kappa shape index (κ2) is 4.52. The highest BCUT2D eigenvalue weighted by Crippen LogP contribution is 2.25. The van der Waals surface area contributed by atoms with Crippen molar-refractivity contribution in [3.05, 3.63) is 0 Å². The summed E-state index contributed by atoms with van der Waals surface area (Å²) in [6.07, 6.45) is 3.27. The van der Waals surface area contributed by atoms with Crippen LogP contribution in [0.5, 0.6) is 0 Å². The molecule has 0 fully saturated rings. The molecule has 0 rings (SSSR count). The zero-order chi connectivity index (χ0) is 9.83. The summed E-state index contributed by atoms with van der Waals surface area (Å²) in [7, 11) is 0. The first-order chi connectivity index (χ1) is 5.27. The summed E-state index contributed by atoms with van der Waals surface area (Å²) in [4.78, 5) is 0. The summed E-state index contributed by atoms with van der Waals surface area (Å²) < 4.78 is 6.01. The second-order valence-corrected chi connectivity index (χ2v) is 6.19. The van der Waals surface area contributed by atoms with E-state index < -0.39 is 0 Å². The van der Waals surface area contributed by atoms with Gasteiger partial charge in [0.05, 0.1) is 5.60 Å². The minimum atomic E-state index is 0.00842. The molecule has 0 aliphatic rings. The predicted molar refractivity (Wildman–Crippen MR) is 57.9 cm³/mol. The van der Waals surface area contributed by atoms with Gasteiger partial charge in [-0.15, -0.1) is 0 Å². The second-order valence-electron chi connectivity index (χ2n) is 4.67. The number of ether oxygens (including phenoxy) is 1. The third kappa shape index (κ3) is 6.99. The van der Waals surface area contributed by atoms with Gasteiger partial charge in [0.25, 0.3) is 0 Å². The van der Waals surface area contributed by atoms with Crippen molar-refractivity contribution >= 4 is 11.8 Å². The van der Waals surface area contributed by atoms with Crippen LogP contribution in [0, 0.1) is 0 Å². The first-order valence-electron chi connectivity index (χ1n) is 4.46. The lowest BCUT2D eigenvalue weighted by molar-refractivity contribution is -0.00622. The Hall–Kier alpha value is 0.310. The molecule has 0 radical (unpaired) electrons. The topological polar surface area (TPSA) is 9.23 Å². The van der Waals surface area contributed by atoms with E-state index in [1.807, 2.05) is 11.8 Å². The fourth-order valence-corrected chi connectivity index (χ4v) is 0.993. The Labute approximate surface area is 81.3 Å². The van der Waals surface area contributed by atoms with Gasteiger partial charge in [-0.1, -0.05) is 13.8 Å². The molecule has 0 unspecified atom stereocenters. The van der Waals surface area contributed by atoms with Crippen LogP contribution in [0.4, 0.5) is 0 Å². The maximum absolute atomic E-state index is 5.65. The molecule has 2 heteroatoms. The van der Waals surface area contributed by atoms with Crippen molar-refractivity contribution in [3.63, 3.8) is 0 Å². The third-order valence-corrected chi connectivity index (χ3v) is 3.10. The molecular weight excluding hydrogens is 168 g/mol. The fraction of sp³-hybridized carbons (Fsp3) is 1.00. The Morgan fingerprint density at radius 3 is 1.92 bits per heavy atom. The quantitative estimate of drug-likeness (QED) is 0.672. The molecule has 12 heavy (non-hydrogen) atoms. The molecule has 0 saturated carbocycles. The van der Waals surface area contributed by atoms with E-state index in [1.54, 1.807) is 0 Å². The van der Waals surface area contributed by atoms with Crippen LogP contribution in [0.1, 0.15) is 41.0 Å². The van der Waals surface area contributed by atoms with Gasteiger partial charge in [0.15, 0.2) is 0 Å². The Bertz CT molecular complexity index is 124. The van der Waals surface area contributed by atoms with E-state index in [4.69, 9.17) is 4.74 Å². The summed E-state index contributed by atoms with van der Waals surface area (Å²) in [5.74, 6) is 0. The van der Waals surface area contributed by atoms with Crippen LogP contribution in [0.2, 0.25) is 0 Å². The predicted octanol–water partition coefficient (Wildman–Crippen LogP) is 3.33. The molecule has 0 saturated heterocycles. The molecule has 0 aromatic rings. The van der Waals surface area contributed by atoms with Crippen LogP contribution in [0.15, 0.2) is 0 Å². The summed E-state index contributed by atoms with van der Waals surface area (Å²) in [6.45, 7) is 11.7. The number of thioether (sulfide) groups is 1. The zero-order valence-corrected chi connectivity index (χ0v) is 10.0. The Morgan fingerprint density at radius 2 is 1.58 bits per heavy atom. The first kappa shape index (κ1) is 12.3. The molecule has 0 bridgehead atoms. The third-order valence-electron chi connectivity index (χ3n) is 1.79. The van der Waals surface area contributed by atoms with Gasteiger partial charge in [0.2, 0.25) is 0 Å². The highest BCUT2D eigenvalue weighted by Gasteiger charge is 2.17. The van der Waals surface area contributed by atoms with Crippen molar-refractivity contribution in [3.8, 4) is 0 Å². The van der Waals surface area contributed by atoms with Crippen molar-refractivity contribution in [2.24, 2.45) is 0 Å². The van der Waals surface area contributed by atoms with Crippen LogP contribution in [-0.4, -0.2) is 23.2 Å². The zero-order valence-electron chi connectivity index (χ0n) is 9.23. The number of rotatable bonds is 4. The first-order valence-corrected chi connectivity index (χ1v) is 5.68. The molecule has 0 spiro atoms. The lowest BCUT2D eigenvalue weighted by Gasteiger charge is -2.25. The van der Waals surface area contributed by atoms with E-state index in [0.717, 1.165) is 13.0 Å². The minimum absolute atomic E-state index is 0.00842. The Balaban J connectivity index is 3.57. The van der Waals surface area contributed by atoms with Gasteiger partial charge < -0.3 is 4.74 Å². The van der Waals surface area contributed by atoms with Crippen LogP contribution in [-0.2, 0) is 4.74 Å². The average Bonchev–Trinajstić information content (AvgIpc) is 1.84. The van der Waals surface area contributed by atoms with Gasteiger partial charge >= 0.3 is 0 Å². The van der Waals surface area contributed by atoms with Gasteiger partial charge in [0, 0.05) is 11.4 Å². The number of hydrogen-bond acceptors (Lipinski definition) is 2. The van der Waals surface area contributed by atoms with E-state index in [0.29, 0.717) is 4.75 Å². The summed E-state index contributed by atoms with van der Waals surface area (Å²) in [6, 6.07) is 0. The lowest BCUT2D eigenvalue weighted by atomic mass is 10.1. The van der Waals surface area contributed by atoms with E-state index in [-0.39, 0.29) is 5.60 Å². The number of hydrogen-bond donors (Lipinski definition) is 0. The molecule has 0 atom stereocenters. The molecule has 0 amide bonds. The summed E-state index contributed by atoms with van der Waals surface area (Å²) >= 11 is 1.90. The van der Waals surface area contributed by atoms with Gasteiger partial charge in [-0.25, -0.2) is 0 Å². The standard InChI is InChI=1S/C10H22OS/c1-9(2,3)11-8-7-10(4,5)12-6/h7-8H2,1-6H3. The smallest absolute Gasteiger partial charge is 0.0598 e. The van der Waals surface area contributed by atoms with E-state index >= 15 is 0 Å². The highest BCUT2D eigenvalue weighted by atomic mass is 32.2. The summed E-state index contributed by atoms with van der Waals surface area (Å²) in [5, 5.41) is 0. The Morgan fingerprint density at radius 1 is 1.08 bits per heavy atom. The minimum Gasteiger partial charge on any atom is -0.376 e. The van der Waals surface area contributed by atoms with Gasteiger partial charge in [-0.05, 0) is 33.4 Å². The van der Waals surface area contributed by atoms with E-state index in [9.17, 15) is 0 Å². The Kier molecular flexibility index (Phi) is 4.64. The lowest BCUT2D eigenvalue weighted by Crippen LogP contribution is -2.24. The maximum atomic E-state index is 5.65. The van der Waals surface area contributed by atoms with E-state index in [2.05, 4.69) is 40.9 Å². The molecule has 0 aromatic carbocycles. The van der Waals surface area contributed by atoms with E-state index in [1.165, 1.54) is 0 Å². The maximum Gasteiger partial charge on any atom is 0.0598 e. The van der Waals surface area contributed by atoms with Crippen molar-refractivity contribution in [2.45, 2.75) is 51.4 Å². The van der Waals surface area contributed by atoms with Gasteiger partial charge in [0.1, 0.15) is 0 Å². The molecular formula is C10H22OS. The molecule has 1 nitrogen and oxygen atoms in total. The molecule has 74 valence electrons.